The van der Waals surface area contributed by atoms with Crippen LogP contribution in [-0.2, 0) is 4.74 Å². The maximum Gasteiger partial charge on any atom is 0.289 e. The average Bonchev–Trinajstić information content (AvgIpc) is 3.18. The van der Waals surface area contributed by atoms with Gasteiger partial charge in [0.2, 0.25) is 0 Å². The van der Waals surface area contributed by atoms with Crippen LogP contribution in [0.3, 0.4) is 0 Å². The first-order chi connectivity index (χ1) is 14.3. The van der Waals surface area contributed by atoms with Crippen LogP contribution >= 0.6 is 0 Å². The number of carbonyl (C=O) groups excluding carboxylic acids is 1. The Bertz CT molecular complexity index is 930. The minimum atomic E-state index is -0.312. The second-order valence-electron chi connectivity index (χ2n) is 6.97. The zero-order valence-corrected chi connectivity index (χ0v) is 16.3. The molecular formula is C23H24N4O2. The smallest absolute Gasteiger partial charge is 0.289 e. The Hall–Kier alpha value is -3.25. The Morgan fingerprint density at radius 3 is 2.62 bits per heavy atom. The highest BCUT2D eigenvalue weighted by Crippen LogP contribution is 2.34. The third-order valence-electron chi connectivity index (χ3n) is 5.02. The van der Waals surface area contributed by atoms with Gasteiger partial charge in [-0.25, -0.2) is 5.43 Å². The largest absolute Gasteiger partial charge is 0.378 e. The zero-order chi connectivity index (χ0) is 19.9. The molecule has 0 radical (unpaired) electrons. The molecule has 0 atom stereocenters. The lowest BCUT2D eigenvalue weighted by Crippen LogP contribution is -2.36. The summed E-state index contributed by atoms with van der Waals surface area (Å²) in [6.07, 6.45) is 7.47. The monoisotopic (exact) mass is 388 g/mol. The summed E-state index contributed by atoms with van der Waals surface area (Å²) in [6, 6.07) is 15.6. The second-order valence-corrected chi connectivity index (χ2v) is 6.97. The second kappa shape index (κ2) is 9.30. The van der Waals surface area contributed by atoms with E-state index in [0.29, 0.717) is 5.69 Å². The van der Waals surface area contributed by atoms with E-state index in [1.165, 1.54) is 16.8 Å². The number of benzene rings is 1. The standard InChI is InChI=1S/C23H24N4O2/c28-23(21-8-4-5-11-24-21)26-25-17-20-10-9-19(16-18-6-2-1-3-7-18)22(20)27-12-14-29-15-13-27/h1-8,11,16-17H,9-10,12-15H2,(H,26,28)/b19-16?,25-17-. The van der Waals surface area contributed by atoms with Crippen molar-refractivity contribution in [2.45, 2.75) is 12.8 Å². The van der Waals surface area contributed by atoms with Gasteiger partial charge in [-0.1, -0.05) is 36.4 Å². The molecule has 1 fully saturated rings. The topological polar surface area (TPSA) is 66.8 Å². The van der Waals surface area contributed by atoms with Crippen molar-refractivity contribution in [2.75, 3.05) is 26.3 Å². The highest BCUT2D eigenvalue weighted by atomic mass is 16.5. The van der Waals surface area contributed by atoms with Crippen LogP contribution < -0.4 is 5.43 Å². The maximum atomic E-state index is 12.2. The van der Waals surface area contributed by atoms with Gasteiger partial charge in [0.05, 0.1) is 19.4 Å². The number of nitrogens with one attached hydrogen (secondary N) is 1. The van der Waals surface area contributed by atoms with Gasteiger partial charge in [0.1, 0.15) is 5.69 Å². The fraction of sp³-hybridized carbons (Fsp3) is 0.261. The Kier molecular flexibility index (Phi) is 6.12. The molecule has 1 saturated heterocycles. The van der Waals surface area contributed by atoms with Gasteiger partial charge in [-0.15, -0.1) is 0 Å². The van der Waals surface area contributed by atoms with Crippen LogP contribution in [0.15, 0.2) is 76.7 Å². The van der Waals surface area contributed by atoms with E-state index in [-0.39, 0.29) is 5.91 Å². The van der Waals surface area contributed by atoms with Crippen molar-refractivity contribution in [1.29, 1.82) is 0 Å². The molecule has 2 heterocycles. The molecule has 1 N–H and O–H groups in total. The molecule has 1 amide bonds. The number of amides is 1. The molecular weight excluding hydrogens is 364 g/mol. The quantitative estimate of drug-likeness (QED) is 0.631. The fourth-order valence-electron chi connectivity index (χ4n) is 3.65. The van der Waals surface area contributed by atoms with Crippen LogP contribution in [-0.4, -0.2) is 48.3 Å². The van der Waals surface area contributed by atoms with Crippen molar-refractivity contribution in [3.63, 3.8) is 0 Å². The average molecular weight is 388 g/mol. The number of allylic oxidation sites excluding steroid dienone is 2. The molecule has 29 heavy (non-hydrogen) atoms. The number of hydrazone groups is 1. The fourth-order valence-corrected chi connectivity index (χ4v) is 3.65. The number of rotatable bonds is 5. The molecule has 2 aromatic rings. The first-order valence-electron chi connectivity index (χ1n) is 9.87. The molecule has 6 nitrogen and oxygen atoms in total. The Morgan fingerprint density at radius 1 is 1.07 bits per heavy atom. The molecule has 0 spiro atoms. The van der Waals surface area contributed by atoms with Crippen LogP contribution in [0.25, 0.3) is 6.08 Å². The molecule has 148 valence electrons. The van der Waals surface area contributed by atoms with Gasteiger partial charge in [0.25, 0.3) is 5.91 Å². The molecule has 1 aromatic carbocycles. The molecule has 1 aliphatic carbocycles. The summed E-state index contributed by atoms with van der Waals surface area (Å²) in [4.78, 5) is 18.6. The van der Waals surface area contributed by atoms with E-state index < -0.39 is 0 Å². The Balaban J connectivity index is 1.56. The molecule has 0 bridgehead atoms. The number of ether oxygens (including phenoxy) is 1. The summed E-state index contributed by atoms with van der Waals surface area (Å²) in [5.41, 5.74) is 7.78. The van der Waals surface area contributed by atoms with Gasteiger partial charge < -0.3 is 9.64 Å². The third-order valence-corrected chi connectivity index (χ3v) is 5.02. The van der Waals surface area contributed by atoms with Crippen molar-refractivity contribution in [3.05, 3.63) is 82.8 Å². The lowest BCUT2D eigenvalue weighted by atomic mass is 10.1. The van der Waals surface area contributed by atoms with Crippen molar-refractivity contribution < 1.29 is 9.53 Å². The Morgan fingerprint density at radius 2 is 1.86 bits per heavy atom. The predicted molar refractivity (Wildman–Crippen MR) is 113 cm³/mol. The third kappa shape index (κ3) is 4.78. The minimum absolute atomic E-state index is 0.312. The van der Waals surface area contributed by atoms with Gasteiger partial charge in [-0.05, 0) is 47.8 Å². The first kappa shape index (κ1) is 19.1. The van der Waals surface area contributed by atoms with E-state index in [1.54, 1.807) is 30.6 Å². The highest BCUT2D eigenvalue weighted by molar-refractivity contribution is 5.93. The van der Waals surface area contributed by atoms with Crippen LogP contribution in [0.2, 0.25) is 0 Å². The summed E-state index contributed by atoms with van der Waals surface area (Å²) in [7, 11) is 0. The van der Waals surface area contributed by atoms with Gasteiger partial charge >= 0.3 is 0 Å². The van der Waals surface area contributed by atoms with E-state index in [2.05, 4.69) is 50.8 Å². The summed E-state index contributed by atoms with van der Waals surface area (Å²) in [6.45, 7) is 3.17. The normalized spacial score (nSPS) is 18.6. The van der Waals surface area contributed by atoms with E-state index in [9.17, 15) is 4.79 Å². The van der Waals surface area contributed by atoms with E-state index in [1.807, 2.05) is 6.07 Å². The summed E-state index contributed by atoms with van der Waals surface area (Å²) in [5, 5.41) is 4.21. The summed E-state index contributed by atoms with van der Waals surface area (Å²) >= 11 is 0. The van der Waals surface area contributed by atoms with E-state index >= 15 is 0 Å². The first-order valence-corrected chi connectivity index (χ1v) is 9.87. The predicted octanol–water partition coefficient (Wildman–Crippen LogP) is 3.26. The van der Waals surface area contributed by atoms with Crippen LogP contribution in [0, 0.1) is 0 Å². The van der Waals surface area contributed by atoms with Crippen molar-refractivity contribution in [1.82, 2.24) is 15.3 Å². The molecule has 1 aliphatic heterocycles. The van der Waals surface area contributed by atoms with Gasteiger partial charge in [0, 0.05) is 25.0 Å². The molecule has 6 heteroatoms. The molecule has 2 aliphatic rings. The van der Waals surface area contributed by atoms with Crippen molar-refractivity contribution in [2.24, 2.45) is 5.10 Å². The number of carbonyl (C=O) groups is 1. The molecule has 4 rings (SSSR count). The van der Waals surface area contributed by atoms with Crippen molar-refractivity contribution >= 4 is 18.2 Å². The van der Waals surface area contributed by atoms with Gasteiger partial charge in [0.15, 0.2) is 0 Å². The number of hydrogen-bond acceptors (Lipinski definition) is 5. The van der Waals surface area contributed by atoms with Crippen LogP contribution in [0.4, 0.5) is 0 Å². The Labute approximate surface area is 170 Å². The summed E-state index contributed by atoms with van der Waals surface area (Å²) in [5.74, 6) is -0.312. The molecule has 0 saturated carbocycles. The van der Waals surface area contributed by atoms with E-state index in [0.717, 1.165) is 44.7 Å². The lowest BCUT2D eigenvalue weighted by molar-refractivity contribution is 0.0548. The summed E-state index contributed by atoms with van der Waals surface area (Å²) < 4.78 is 5.53. The molecule has 1 aromatic heterocycles. The van der Waals surface area contributed by atoms with Gasteiger partial charge in [-0.2, -0.15) is 5.10 Å². The van der Waals surface area contributed by atoms with Crippen LogP contribution in [0.5, 0.6) is 0 Å². The highest BCUT2D eigenvalue weighted by Gasteiger charge is 2.25. The van der Waals surface area contributed by atoms with Crippen molar-refractivity contribution in [3.8, 4) is 0 Å². The van der Waals surface area contributed by atoms with Gasteiger partial charge in [-0.3, -0.25) is 9.78 Å². The molecule has 0 unspecified atom stereocenters. The number of morpholine rings is 1. The number of pyridine rings is 1. The minimum Gasteiger partial charge on any atom is -0.378 e. The maximum absolute atomic E-state index is 12.2. The zero-order valence-electron chi connectivity index (χ0n) is 16.3. The number of aromatic nitrogens is 1. The van der Waals surface area contributed by atoms with Crippen LogP contribution in [0.1, 0.15) is 28.9 Å². The van der Waals surface area contributed by atoms with E-state index in [4.69, 9.17) is 4.74 Å². The SMILES string of the molecule is O=C(N/N=C\C1=C(N2CCOCC2)C(=Cc2ccccc2)CC1)c1ccccn1. The number of nitrogens with zero attached hydrogens (tertiary/aromatic N) is 3. The number of hydrogen-bond donors (Lipinski definition) is 1. The lowest BCUT2D eigenvalue weighted by Gasteiger charge is -2.31.